The lowest BCUT2D eigenvalue weighted by Gasteiger charge is -2.28. The summed E-state index contributed by atoms with van der Waals surface area (Å²) in [6.45, 7) is -0.717. The van der Waals surface area contributed by atoms with E-state index in [0.717, 1.165) is 4.90 Å². The van der Waals surface area contributed by atoms with Crippen LogP contribution in [0.5, 0.6) is 11.5 Å². The number of carbonyl (C=O) groups excluding carboxylic acids is 3. The molecule has 9 nitrogen and oxygen atoms in total. The highest BCUT2D eigenvalue weighted by Crippen LogP contribution is 2.37. The standard InChI is InChI=1S/C21H20N4O5/c1-29-16-7-3-14(4-8-16)21(15-5-9-17(30-2)10-6-15)19(27)25(20(28)24-21)13-18(26)23-12-11-22/h3-10H,12-13H2,1-2H3,(H,23,26)(H,24,28). The molecule has 1 heterocycles. The number of hydrogen-bond donors (Lipinski definition) is 2. The Balaban J connectivity index is 2.05. The van der Waals surface area contributed by atoms with E-state index in [1.807, 2.05) is 0 Å². The van der Waals surface area contributed by atoms with Gasteiger partial charge in [0.2, 0.25) is 5.91 Å². The van der Waals surface area contributed by atoms with E-state index in [9.17, 15) is 14.4 Å². The van der Waals surface area contributed by atoms with Gasteiger partial charge in [0.05, 0.1) is 20.3 Å². The quantitative estimate of drug-likeness (QED) is 0.524. The van der Waals surface area contributed by atoms with Gasteiger partial charge in [-0.25, -0.2) is 4.79 Å². The second kappa shape index (κ2) is 8.53. The van der Waals surface area contributed by atoms with Gasteiger partial charge >= 0.3 is 6.03 Å². The van der Waals surface area contributed by atoms with E-state index in [-0.39, 0.29) is 6.54 Å². The van der Waals surface area contributed by atoms with Crippen LogP contribution in [0.1, 0.15) is 11.1 Å². The Kier molecular flexibility index (Phi) is 5.88. The number of methoxy groups -OCH3 is 2. The first-order chi connectivity index (χ1) is 14.5. The fourth-order valence-corrected chi connectivity index (χ4v) is 3.30. The van der Waals surface area contributed by atoms with Crippen LogP contribution in [-0.2, 0) is 15.1 Å². The summed E-state index contributed by atoms with van der Waals surface area (Å²) in [5.41, 5.74) is -0.510. The van der Waals surface area contributed by atoms with Crippen molar-refractivity contribution in [3.05, 3.63) is 59.7 Å². The first kappa shape index (κ1) is 20.7. The van der Waals surface area contributed by atoms with Crippen LogP contribution in [0.25, 0.3) is 0 Å². The third-order valence-electron chi connectivity index (χ3n) is 4.82. The van der Waals surface area contributed by atoms with Crippen molar-refractivity contribution in [1.29, 1.82) is 5.26 Å². The van der Waals surface area contributed by atoms with Crippen molar-refractivity contribution in [2.75, 3.05) is 27.3 Å². The molecule has 4 amide bonds. The molecule has 1 fully saturated rings. The fourth-order valence-electron chi connectivity index (χ4n) is 3.30. The van der Waals surface area contributed by atoms with Crippen molar-refractivity contribution in [1.82, 2.24) is 15.5 Å². The van der Waals surface area contributed by atoms with E-state index in [0.29, 0.717) is 22.6 Å². The summed E-state index contributed by atoms with van der Waals surface area (Å²) < 4.78 is 10.4. The number of rotatable bonds is 7. The van der Waals surface area contributed by atoms with E-state index < -0.39 is 29.9 Å². The molecule has 0 unspecified atom stereocenters. The normalized spacial score (nSPS) is 14.6. The first-order valence-corrected chi connectivity index (χ1v) is 9.03. The highest BCUT2D eigenvalue weighted by Gasteiger charge is 2.54. The molecule has 2 aromatic carbocycles. The van der Waals surface area contributed by atoms with Gasteiger partial charge in [0.1, 0.15) is 24.6 Å². The maximum absolute atomic E-state index is 13.5. The van der Waals surface area contributed by atoms with Crippen molar-refractivity contribution in [3.63, 3.8) is 0 Å². The largest absolute Gasteiger partial charge is 0.497 e. The maximum atomic E-state index is 13.5. The molecule has 0 spiro atoms. The molecule has 0 aromatic heterocycles. The molecule has 0 saturated carbocycles. The molecule has 0 atom stereocenters. The Morgan fingerprint density at radius 2 is 1.53 bits per heavy atom. The van der Waals surface area contributed by atoms with E-state index in [4.69, 9.17) is 14.7 Å². The molecule has 1 saturated heterocycles. The Hall–Kier alpha value is -4.06. The molecule has 1 aliphatic heterocycles. The van der Waals surface area contributed by atoms with Gasteiger partial charge in [0.15, 0.2) is 5.54 Å². The Labute approximate surface area is 173 Å². The summed E-state index contributed by atoms with van der Waals surface area (Å²) in [6, 6.07) is 14.5. The molecule has 1 aliphatic rings. The predicted octanol–water partition coefficient (Wildman–Crippen LogP) is 1.14. The van der Waals surface area contributed by atoms with Crippen molar-refractivity contribution >= 4 is 17.8 Å². The summed E-state index contributed by atoms with van der Waals surface area (Å²) >= 11 is 0. The summed E-state index contributed by atoms with van der Waals surface area (Å²) in [7, 11) is 3.05. The number of imide groups is 1. The number of benzene rings is 2. The second-order valence-electron chi connectivity index (χ2n) is 6.46. The third kappa shape index (κ3) is 3.63. The topological polar surface area (TPSA) is 121 Å². The van der Waals surface area contributed by atoms with Crippen LogP contribution < -0.4 is 20.1 Å². The zero-order valence-electron chi connectivity index (χ0n) is 16.5. The highest BCUT2D eigenvalue weighted by molar-refractivity contribution is 6.11. The molecule has 2 N–H and O–H groups in total. The number of hydrogen-bond acceptors (Lipinski definition) is 6. The van der Waals surface area contributed by atoms with Crippen molar-refractivity contribution in [2.24, 2.45) is 0 Å². The van der Waals surface area contributed by atoms with Gasteiger partial charge in [0, 0.05) is 0 Å². The van der Waals surface area contributed by atoms with Crippen molar-refractivity contribution in [2.45, 2.75) is 5.54 Å². The molecule has 2 aromatic rings. The Morgan fingerprint density at radius 1 is 1.03 bits per heavy atom. The lowest BCUT2D eigenvalue weighted by molar-refractivity contribution is -0.134. The van der Waals surface area contributed by atoms with Gasteiger partial charge in [-0.15, -0.1) is 0 Å². The fraction of sp³-hybridized carbons (Fsp3) is 0.238. The van der Waals surface area contributed by atoms with Crippen LogP contribution in [-0.4, -0.2) is 50.1 Å². The number of nitrogens with one attached hydrogen (secondary N) is 2. The Morgan fingerprint density at radius 3 is 1.97 bits per heavy atom. The molecule has 154 valence electrons. The molecule has 0 aliphatic carbocycles. The van der Waals surface area contributed by atoms with Crippen LogP contribution in [0.2, 0.25) is 0 Å². The molecule has 0 radical (unpaired) electrons. The SMILES string of the molecule is COc1ccc(C2(c3ccc(OC)cc3)NC(=O)N(CC(=O)NCC#N)C2=O)cc1. The molecular weight excluding hydrogens is 388 g/mol. The average Bonchev–Trinajstić information content (AvgIpc) is 3.03. The molecular formula is C21H20N4O5. The van der Waals surface area contributed by atoms with E-state index in [1.165, 1.54) is 14.2 Å². The monoisotopic (exact) mass is 408 g/mol. The first-order valence-electron chi connectivity index (χ1n) is 9.03. The average molecular weight is 408 g/mol. The van der Waals surface area contributed by atoms with E-state index in [1.54, 1.807) is 54.6 Å². The van der Waals surface area contributed by atoms with Crippen LogP contribution in [0.15, 0.2) is 48.5 Å². The maximum Gasteiger partial charge on any atom is 0.326 e. The highest BCUT2D eigenvalue weighted by atomic mass is 16.5. The predicted molar refractivity (Wildman–Crippen MR) is 106 cm³/mol. The van der Waals surface area contributed by atoms with Crippen LogP contribution in [0.3, 0.4) is 0 Å². The third-order valence-corrected chi connectivity index (χ3v) is 4.82. The number of ether oxygens (including phenoxy) is 2. The zero-order chi connectivity index (χ0) is 21.7. The van der Waals surface area contributed by atoms with Crippen LogP contribution >= 0.6 is 0 Å². The summed E-state index contributed by atoms with van der Waals surface area (Å²) in [5.74, 6) is -0.0310. The van der Waals surface area contributed by atoms with Crippen LogP contribution in [0.4, 0.5) is 4.79 Å². The van der Waals surface area contributed by atoms with E-state index >= 15 is 0 Å². The number of amides is 4. The Bertz CT molecular complexity index is 948. The lowest BCUT2D eigenvalue weighted by atomic mass is 9.82. The summed E-state index contributed by atoms with van der Waals surface area (Å²) in [6.07, 6.45) is 0. The lowest BCUT2D eigenvalue weighted by Crippen LogP contribution is -2.46. The van der Waals surface area contributed by atoms with Gasteiger partial charge in [-0.2, -0.15) is 5.26 Å². The van der Waals surface area contributed by atoms with Crippen molar-refractivity contribution < 1.29 is 23.9 Å². The van der Waals surface area contributed by atoms with Crippen LogP contribution in [0, 0.1) is 11.3 Å². The number of urea groups is 1. The zero-order valence-corrected chi connectivity index (χ0v) is 16.5. The van der Waals surface area contributed by atoms with Gasteiger partial charge < -0.3 is 20.1 Å². The van der Waals surface area contributed by atoms with Crippen molar-refractivity contribution in [3.8, 4) is 17.6 Å². The smallest absolute Gasteiger partial charge is 0.326 e. The van der Waals surface area contributed by atoms with E-state index in [2.05, 4.69) is 10.6 Å². The molecule has 9 heteroatoms. The second-order valence-corrected chi connectivity index (χ2v) is 6.46. The number of carbonyl (C=O) groups is 3. The van der Waals surface area contributed by atoms with Gasteiger partial charge in [0.25, 0.3) is 5.91 Å². The number of nitrogens with zero attached hydrogens (tertiary/aromatic N) is 2. The van der Waals surface area contributed by atoms with Gasteiger partial charge in [-0.3, -0.25) is 14.5 Å². The minimum absolute atomic E-state index is 0.218. The minimum atomic E-state index is -1.52. The molecule has 0 bridgehead atoms. The summed E-state index contributed by atoms with van der Waals surface area (Å²) in [4.78, 5) is 39.1. The summed E-state index contributed by atoms with van der Waals surface area (Å²) in [5, 5.41) is 13.7. The number of nitriles is 1. The minimum Gasteiger partial charge on any atom is -0.497 e. The molecule has 30 heavy (non-hydrogen) atoms. The van der Waals surface area contributed by atoms with Gasteiger partial charge in [-0.1, -0.05) is 24.3 Å². The molecule has 3 rings (SSSR count). The van der Waals surface area contributed by atoms with Gasteiger partial charge in [-0.05, 0) is 35.4 Å².